The Balaban J connectivity index is 1.22. The molecular weight excluding hydrogens is 368 g/mol. The first-order valence-corrected chi connectivity index (χ1v) is 9.62. The number of aromatic nitrogens is 5. The van der Waals surface area contributed by atoms with Crippen molar-refractivity contribution >= 4 is 16.9 Å². The molecule has 3 heterocycles. The molecule has 0 unspecified atom stereocenters. The molecule has 8 heteroatoms. The predicted octanol–water partition coefficient (Wildman–Crippen LogP) is 2.93. The third-order valence-electron chi connectivity index (χ3n) is 4.70. The monoisotopic (exact) mass is 390 g/mol. The maximum atomic E-state index is 12.1. The van der Waals surface area contributed by atoms with Crippen LogP contribution >= 0.6 is 0 Å². The summed E-state index contributed by atoms with van der Waals surface area (Å²) in [6.45, 7) is 3.42. The van der Waals surface area contributed by atoms with Crippen molar-refractivity contribution < 1.29 is 9.32 Å². The normalized spacial score (nSPS) is 11.1. The van der Waals surface area contributed by atoms with Crippen LogP contribution in [0.4, 0.5) is 0 Å². The molecule has 0 saturated carbocycles. The molecule has 8 nitrogen and oxygen atoms in total. The summed E-state index contributed by atoms with van der Waals surface area (Å²) in [7, 11) is 0. The fourth-order valence-corrected chi connectivity index (χ4v) is 3.23. The van der Waals surface area contributed by atoms with Crippen molar-refractivity contribution in [3.05, 3.63) is 60.5 Å². The van der Waals surface area contributed by atoms with Crippen LogP contribution in [0.2, 0.25) is 0 Å². The van der Waals surface area contributed by atoms with Crippen LogP contribution in [-0.4, -0.2) is 37.1 Å². The molecule has 0 bridgehead atoms. The number of nitrogens with one attached hydrogen (secondary N) is 1. The van der Waals surface area contributed by atoms with E-state index in [0.717, 1.165) is 35.4 Å². The average molecular weight is 390 g/mol. The lowest BCUT2D eigenvalue weighted by molar-refractivity contribution is -0.121. The van der Waals surface area contributed by atoms with Gasteiger partial charge in [-0.2, -0.15) is 4.98 Å². The van der Waals surface area contributed by atoms with Crippen molar-refractivity contribution in [1.29, 1.82) is 0 Å². The van der Waals surface area contributed by atoms with Crippen LogP contribution in [0.5, 0.6) is 0 Å². The van der Waals surface area contributed by atoms with E-state index in [4.69, 9.17) is 4.52 Å². The number of nitrogens with zero attached hydrogens (tertiary/aromatic N) is 5. The number of amides is 1. The van der Waals surface area contributed by atoms with Gasteiger partial charge < -0.3 is 14.4 Å². The van der Waals surface area contributed by atoms with Crippen LogP contribution in [-0.2, 0) is 17.8 Å². The second kappa shape index (κ2) is 8.64. The van der Waals surface area contributed by atoms with E-state index in [-0.39, 0.29) is 5.91 Å². The van der Waals surface area contributed by atoms with Crippen LogP contribution in [0.25, 0.3) is 22.4 Å². The van der Waals surface area contributed by atoms with Crippen LogP contribution in [0.15, 0.2) is 53.3 Å². The zero-order valence-electron chi connectivity index (χ0n) is 16.2. The summed E-state index contributed by atoms with van der Waals surface area (Å²) in [6, 6.07) is 11.7. The summed E-state index contributed by atoms with van der Waals surface area (Å²) in [4.78, 5) is 25.0. The molecule has 1 aromatic carbocycles. The average Bonchev–Trinajstić information content (AvgIpc) is 3.34. The van der Waals surface area contributed by atoms with Crippen LogP contribution in [0.1, 0.15) is 24.6 Å². The largest absolute Gasteiger partial charge is 0.356 e. The summed E-state index contributed by atoms with van der Waals surface area (Å²) in [5.41, 5.74) is 2.96. The number of hydrogen-bond acceptors (Lipinski definition) is 6. The summed E-state index contributed by atoms with van der Waals surface area (Å²) in [6.07, 6.45) is 4.90. The number of hydrogen-bond donors (Lipinski definition) is 1. The third kappa shape index (κ3) is 4.48. The first kappa shape index (κ1) is 18.8. The quantitative estimate of drug-likeness (QED) is 0.465. The maximum absolute atomic E-state index is 12.1. The molecule has 0 spiro atoms. The van der Waals surface area contributed by atoms with Crippen molar-refractivity contribution in [3.8, 4) is 11.4 Å². The predicted molar refractivity (Wildman–Crippen MR) is 108 cm³/mol. The second-order valence-electron chi connectivity index (χ2n) is 6.75. The molecule has 0 aliphatic heterocycles. The summed E-state index contributed by atoms with van der Waals surface area (Å²) >= 11 is 0. The number of fused-ring (bicyclic) bond motifs is 1. The fourth-order valence-electron chi connectivity index (χ4n) is 3.23. The molecule has 1 N–H and O–H groups in total. The highest BCUT2D eigenvalue weighted by atomic mass is 16.5. The Kier molecular flexibility index (Phi) is 5.60. The van der Waals surface area contributed by atoms with Gasteiger partial charge in [-0.05, 0) is 37.6 Å². The lowest BCUT2D eigenvalue weighted by Crippen LogP contribution is -2.25. The number of benzene rings is 1. The Morgan fingerprint density at radius 2 is 1.97 bits per heavy atom. The zero-order valence-corrected chi connectivity index (χ0v) is 16.2. The van der Waals surface area contributed by atoms with Crippen LogP contribution < -0.4 is 5.32 Å². The Labute approximate surface area is 168 Å². The first-order chi connectivity index (χ1) is 14.2. The highest BCUT2D eigenvalue weighted by molar-refractivity contribution is 5.76. The molecule has 0 saturated heterocycles. The van der Waals surface area contributed by atoms with E-state index >= 15 is 0 Å². The van der Waals surface area contributed by atoms with Gasteiger partial charge in [0.05, 0.1) is 11.0 Å². The molecule has 0 radical (unpaired) electrons. The number of para-hydroxylation sites is 2. The first-order valence-electron chi connectivity index (χ1n) is 9.62. The molecule has 4 rings (SSSR count). The van der Waals surface area contributed by atoms with Gasteiger partial charge in [0.25, 0.3) is 0 Å². The summed E-state index contributed by atoms with van der Waals surface area (Å²) in [5.74, 6) is 1.91. The van der Waals surface area contributed by atoms with Crippen LogP contribution in [0.3, 0.4) is 0 Å². The zero-order chi connectivity index (χ0) is 20.1. The number of imidazole rings is 1. The van der Waals surface area contributed by atoms with Crippen molar-refractivity contribution in [3.63, 3.8) is 0 Å². The van der Waals surface area contributed by atoms with E-state index < -0.39 is 0 Å². The molecule has 0 fully saturated rings. The fraction of sp³-hybridized carbons (Fsp3) is 0.286. The lowest BCUT2D eigenvalue weighted by atomic mass is 10.2. The number of rotatable bonds is 8. The van der Waals surface area contributed by atoms with Crippen molar-refractivity contribution in [2.45, 2.75) is 32.7 Å². The number of carbonyl (C=O) groups excluding carboxylic acids is 1. The SMILES string of the molecule is Cc1nc2ccccc2n1CCCNC(=O)CCc1nc(-c2ccncc2)no1. The second-order valence-corrected chi connectivity index (χ2v) is 6.75. The number of carbonyl (C=O) groups is 1. The molecule has 0 aliphatic rings. The van der Waals surface area contributed by atoms with Gasteiger partial charge in [-0.15, -0.1) is 0 Å². The van der Waals surface area contributed by atoms with Crippen molar-refractivity contribution in [2.24, 2.45) is 0 Å². The molecule has 4 aromatic rings. The Morgan fingerprint density at radius 3 is 2.83 bits per heavy atom. The third-order valence-corrected chi connectivity index (χ3v) is 4.70. The molecule has 1 amide bonds. The van der Waals surface area contributed by atoms with E-state index in [2.05, 4.69) is 36.1 Å². The van der Waals surface area contributed by atoms with Gasteiger partial charge in [0, 0.05) is 43.9 Å². The van der Waals surface area contributed by atoms with Crippen molar-refractivity contribution in [1.82, 2.24) is 30.0 Å². The van der Waals surface area contributed by atoms with E-state index in [0.29, 0.717) is 31.1 Å². The Hall–Kier alpha value is -3.55. The standard InChI is InChI=1S/C21H22N6O2/c1-15-24-17-5-2-3-6-18(17)27(15)14-4-11-23-19(28)7-8-20-25-21(26-29-20)16-9-12-22-13-10-16/h2-3,5-6,9-10,12-13H,4,7-8,11,14H2,1H3,(H,23,28). The Morgan fingerprint density at radius 1 is 1.14 bits per heavy atom. The minimum atomic E-state index is -0.0270. The number of aryl methyl sites for hydroxylation is 3. The van der Waals surface area contributed by atoms with Crippen LogP contribution in [0, 0.1) is 6.92 Å². The molecular formula is C21H22N6O2. The minimum absolute atomic E-state index is 0.0270. The minimum Gasteiger partial charge on any atom is -0.356 e. The molecule has 3 aromatic heterocycles. The smallest absolute Gasteiger partial charge is 0.227 e. The molecule has 0 atom stereocenters. The van der Waals surface area contributed by atoms with Gasteiger partial charge in [-0.25, -0.2) is 4.98 Å². The molecule has 0 aliphatic carbocycles. The van der Waals surface area contributed by atoms with Gasteiger partial charge in [-0.1, -0.05) is 17.3 Å². The van der Waals surface area contributed by atoms with Gasteiger partial charge in [0.2, 0.25) is 17.6 Å². The van der Waals surface area contributed by atoms with Gasteiger partial charge in [0.15, 0.2) is 0 Å². The van der Waals surface area contributed by atoms with E-state index in [1.54, 1.807) is 12.4 Å². The molecule has 148 valence electrons. The highest BCUT2D eigenvalue weighted by Crippen LogP contribution is 2.16. The lowest BCUT2D eigenvalue weighted by Gasteiger charge is -2.08. The summed E-state index contributed by atoms with van der Waals surface area (Å²) in [5, 5.41) is 6.90. The molecule has 29 heavy (non-hydrogen) atoms. The van der Waals surface area contributed by atoms with Crippen molar-refractivity contribution in [2.75, 3.05) is 6.54 Å². The highest BCUT2D eigenvalue weighted by Gasteiger charge is 2.11. The van der Waals surface area contributed by atoms with E-state index in [1.165, 1.54) is 0 Å². The van der Waals surface area contributed by atoms with E-state index in [9.17, 15) is 4.79 Å². The maximum Gasteiger partial charge on any atom is 0.227 e. The topological polar surface area (TPSA) is 98.7 Å². The van der Waals surface area contributed by atoms with Gasteiger partial charge in [0.1, 0.15) is 5.82 Å². The van der Waals surface area contributed by atoms with E-state index in [1.807, 2.05) is 37.3 Å². The van der Waals surface area contributed by atoms with Gasteiger partial charge >= 0.3 is 0 Å². The number of pyridine rings is 1. The van der Waals surface area contributed by atoms with Gasteiger partial charge in [-0.3, -0.25) is 9.78 Å². The summed E-state index contributed by atoms with van der Waals surface area (Å²) < 4.78 is 7.41. The Bertz CT molecular complexity index is 1100.